The first-order valence-electron chi connectivity index (χ1n) is 6.78. The summed E-state index contributed by atoms with van der Waals surface area (Å²) in [5.74, 6) is -1.69. The molecule has 0 aliphatic rings. The van der Waals surface area contributed by atoms with Crippen LogP contribution in [0.25, 0.3) is 22.0 Å². The minimum Gasteiger partial charge on any atom is -0.478 e. The van der Waals surface area contributed by atoms with Gasteiger partial charge in [0.25, 0.3) is 0 Å². The molecule has 1 amide bonds. The summed E-state index contributed by atoms with van der Waals surface area (Å²) in [4.78, 5) is 26.3. The SMILES string of the molecule is O=C(O)/C=C/C(=O)Nc1nc(-c2ccc3ccccc3c2)cs1. The maximum atomic E-state index is 11.5. The Morgan fingerprint density at radius 3 is 2.65 bits per heavy atom. The van der Waals surface area contributed by atoms with Crippen molar-refractivity contribution in [3.05, 3.63) is 60.0 Å². The second-order valence-electron chi connectivity index (χ2n) is 4.76. The van der Waals surface area contributed by atoms with Gasteiger partial charge in [-0.2, -0.15) is 0 Å². The van der Waals surface area contributed by atoms with Crippen LogP contribution in [-0.2, 0) is 9.59 Å². The average Bonchev–Trinajstić information content (AvgIpc) is 3.01. The first kappa shape index (κ1) is 14.9. The number of carboxylic acids is 1. The van der Waals surface area contributed by atoms with Crippen molar-refractivity contribution in [1.29, 1.82) is 0 Å². The summed E-state index contributed by atoms with van der Waals surface area (Å²) < 4.78 is 0. The molecule has 0 radical (unpaired) electrons. The van der Waals surface area contributed by atoms with Gasteiger partial charge in [0.05, 0.1) is 5.69 Å². The van der Waals surface area contributed by atoms with Crippen molar-refractivity contribution in [3.8, 4) is 11.3 Å². The molecule has 1 heterocycles. The van der Waals surface area contributed by atoms with E-state index < -0.39 is 11.9 Å². The highest BCUT2D eigenvalue weighted by Crippen LogP contribution is 2.27. The summed E-state index contributed by atoms with van der Waals surface area (Å²) >= 11 is 1.29. The molecule has 0 atom stereocenters. The smallest absolute Gasteiger partial charge is 0.328 e. The molecule has 114 valence electrons. The van der Waals surface area contributed by atoms with Crippen LogP contribution >= 0.6 is 11.3 Å². The van der Waals surface area contributed by atoms with Crippen LogP contribution < -0.4 is 5.32 Å². The van der Waals surface area contributed by atoms with E-state index in [1.54, 1.807) is 0 Å². The zero-order valence-corrected chi connectivity index (χ0v) is 12.7. The third kappa shape index (κ3) is 3.61. The number of aliphatic carboxylic acids is 1. The number of benzene rings is 2. The number of nitrogens with one attached hydrogen (secondary N) is 1. The van der Waals surface area contributed by atoms with Gasteiger partial charge in [-0.3, -0.25) is 10.1 Å². The predicted octanol–water partition coefficient (Wildman–Crippen LogP) is 3.54. The Labute approximate surface area is 135 Å². The molecule has 0 bridgehead atoms. The van der Waals surface area contributed by atoms with Crippen molar-refractivity contribution >= 4 is 39.1 Å². The zero-order valence-electron chi connectivity index (χ0n) is 11.9. The van der Waals surface area contributed by atoms with Crippen LogP contribution in [0.4, 0.5) is 5.13 Å². The van der Waals surface area contributed by atoms with Gasteiger partial charge < -0.3 is 5.11 Å². The molecule has 1 aromatic heterocycles. The van der Waals surface area contributed by atoms with Gasteiger partial charge in [-0.05, 0) is 16.8 Å². The maximum Gasteiger partial charge on any atom is 0.328 e. The number of carboxylic acid groups (broad SMARTS) is 1. The van der Waals surface area contributed by atoms with Crippen LogP contribution in [0.2, 0.25) is 0 Å². The summed E-state index contributed by atoms with van der Waals surface area (Å²) in [5.41, 5.74) is 1.72. The number of nitrogens with zero attached hydrogens (tertiary/aromatic N) is 1. The highest BCUT2D eigenvalue weighted by atomic mass is 32.1. The molecule has 6 heteroatoms. The average molecular weight is 324 g/mol. The number of carbonyl (C=O) groups is 2. The summed E-state index contributed by atoms with van der Waals surface area (Å²) in [7, 11) is 0. The van der Waals surface area contributed by atoms with Gasteiger partial charge in [-0.15, -0.1) is 11.3 Å². The van der Waals surface area contributed by atoms with Gasteiger partial charge in [0.2, 0.25) is 5.91 Å². The monoisotopic (exact) mass is 324 g/mol. The fourth-order valence-electron chi connectivity index (χ4n) is 2.11. The molecule has 3 rings (SSSR count). The Balaban J connectivity index is 1.80. The number of hydrogen-bond donors (Lipinski definition) is 2. The first-order valence-corrected chi connectivity index (χ1v) is 7.66. The van der Waals surface area contributed by atoms with Crippen LogP contribution in [-0.4, -0.2) is 22.0 Å². The largest absolute Gasteiger partial charge is 0.478 e. The third-order valence-corrected chi connectivity index (χ3v) is 3.91. The Hall–Kier alpha value is -2.99. The highest BCUT2D eigenvalue weighted by molar-refractivity contribution is 7.14. The van der Waals surface area contributed by atoms with Crippen molar-refractivity contribution in [2.75, 3.05) is 5.32 Å². The highest BCUT2D eigenvalue weighted by Gasteiger charge is 2.07. The Bertz CT molecular complexity index is 915. The number of carbonyl (C=O) groups excluding carboxylic acids is 1. The van der Waals surface area contributed by atoms with Crippen molar-refractivity contribution in [3.63, 3.8) is 0 Å². The minimum atomic E-state index is -1.17. The number of amides is 1. The van der Waals surface area contributed by atoms with Crippen molar-refractivity contribution in [2.24, 2.45) is 0 Å². The van der Waals surface area contributed by atoms with E-state index in [1.165, 1.54) is 11.3 Å². The van der Waals surface area contributed by atoms with E-state index in [2.05, 4.69) is 10.3 Å². The van der Waals surface area contributed by atoms with Gasteiger partial charge in [0.15, 0.2) is 5.13 Å². The number of hydrogen-bond acceptors (Lipinski definition) is 4. The molecule has 2 aromatic carbocycles. The van der Waals surface area contributed by atoms with Gasteiger partial charge in [0, 0.05) is 23.1 Å². The lowest BCUT2D eigenvalue weighted by Crippen LogP contribution is -2.08. The number of fused-ring (bicyclic) bond motifs is 1. The van der Waals surface area contributed by atoms with E-state index >= 15 is 0 Å². The van der Waals surface area contributed by atoms with Crippen LogP contribution in [0, 0.1) is 0 Å². The molecule has 3 aromatic rings. The maximum absolute atomic E-state index is 11.5. The second kappa shape index (κ2) is 6.41. The van der Waals surface area contributed by atoms with Gasteiger partial charge in [-0.25, -0.2) is 9.78 Å². The number of aromatic nitrogens is 1. The van der Waals surface area contributed by atoms with Crippen LogP contribution in [0.1, 0.15) is 0 Å². The second-order valence-corrected chi connectivity index (χ2v) is 5.62. The van der Waals surface area contributed by atoms with Crippen LogP contribution in [0.3, 0.4) is 0 Å². The lowest BCUT2D eigenvalue weighted by Gasteiger charge is -2.01. The van der Waals surface area contributed by atoms with Crippen LogP contribution in [0.15, 0.2) is 60.0 Å². The Morgan fingerprint density at radius 2 is 1.87 bits per heavy atom. The molecule has 0 unspecified atom stereocenters. The number of thiazole rings is 1. The summed E-state index contributed by atoms with van der Waals surface area (Å²) in [6.07, 6.45) is 1.74. The van der Waals surface area contributed by atoms with Crippen molar-refractivity contribution in [2.45, 2.75) is 0 Å². The molecule has 2 N–H and O–H groups in total. The Kier molecular flexibility index (Phi) is 4.16. The molecule has 0 saturated heterocycles. The lowest BCUT2D eigenvalue weighted by atomic mass is 10.1. The van der Waals surface area contributed by atoms with E-state index in [4.69, 9.17) is 5.11 Å². The summed E-state index contributed by atoms with van der Waals surface area (Å²) in [5, 5.41) is 15.6. The molecular weight excluding hydrogens is 312 g/mol. The third-order valence-electron chi connectivity index (χ3n) is 3.16. The van der Waals surface area contributed by atoms with Gasteiger partial charge in [-0.1, -0.05) is 36.4 Å². The quantitative estimate of drug-likeness (QED) is 0.719. The number of anilines is 1. The topological polar surface area (TPSA) is 79.3 Å². The predicted molar refractivity (Wildman–Crippen MR) is 90.5 cm³/mol. The molecule has 0 aliphatic carbocycles. The van der Waals surface area contributed by atoms with Crippen molar-refractivity contribution in [1.82, 2.24) is 4.98 Å². The van der Waals surface area contributed by atoms with E-state index in [9.17, 15) is 9.59 Å². The molecule has 0 saturated carbocycles. The molecule has 0 aliphatic heterocycles. The first-order chi connectivity index (χ1) is 11.1. The van der Waals surface area contributed by atoms with Crippen LogP contribution in [0.5, 0.6) is 0 Å². The molecule has 23 heavy (non-hydrogen) atoms. The summed E-state index contributed by atoms with van der Waals surface area (Å²) in [6, 6.07) is 14.1. The molecule has 0 fully saturated rings. The summed E-state index contributed by atoms with van der Waals surface area (Å²) in [6.45, 7) is 0. The Morgan fingerprint density at radius 1 is 1.09 bits per heavy atom. The lowest BCUT2D eigenvalue weighted by molar-refractivity contribution is -0.131. The van der Waals surface area contributed by atoms with Gasteiger partial charge >= 0.3 is 5.97 Å². The molecular formula is C17H12N2O3S. The number of rotatable bonds is 4. The molecule has 5 nitrogen and oxygen atoms in total. The molecule has 0 spiro atoms. The van der Waals surface area contributed by atoms with Gasteiger partial charge in [0.1, 0.15) is 0 Å². The van der Waals surface area contributed by atoms with E-state index in [0.29, 0.717) is 5.13 Å². The fraction of sp³-hybridized carbons (Fsp3) is 0. The fourth-order valence-corrected chi connectivity index (χ4v) is 2.83. The minimum absolute atomic E-state index is 0.424. The van der Waals surface area contributed by atoms with E-state index in [-0.39, 0.29) is 0 Å². The van der Waals surface area contributed by atoms with E-state index in [1.807, 2.05) is 47.8 Å². The van der Waals surface area contributed by atoms with E-state index in [0.717, 1.165) is 34.2 Å². The standard InChI is InChI=1S/C17H12N2O3S/c20-15(7-8-16(21)22)19-17-18-14(10-23-17)13-6-5-11-3-1-2-4-12(11)9-13/h1-10H,(H,21,22)(H,18,19,20)/b8-7+. The zero-order chi connectivity index (χ0) is 16.2. The van der Waals surface area contributed by atoms with Crippen molar-refractivity contribution < 1.29 is 14.7 Å². The normalized spacial score (nSPS) is 11.0.